The molecular weight excluding hydrogens is 240 g/mol. The number of aromatic nitrogens is 3. The summed E-state index contributed by atoms with van der Waals surface area (Å²) in [5.41, 5.74) is 8.37. The monoisotopic (exact) mass is 260 g/mol. The van der Waals surface area contributed by atoms with Crippen LogP contribution in [0.5, 0.6) is 5.75 Å². The molecule has 0 radical (unpaired) electrons. The third-order valence-electron chi connectivity index (χ3n) is 2.96. The quantitative estimate of drug-likeness (QED) is 0.917. The molecule has 0 fully saturated rings. The second-order valence-electron chi connectivity index (χ2n) is 5.42. The zero-order valence-electron chi connectivity index (χ0n) is 11.8. The fraction of sp³-hybridized carbons (Fsp3) is 0.429. The summed E-state index contributed by atoms with van der Waals surface area (Å²) in [6, 6.07) is 7.75. The lowest BCUT2D eigenvalue weighted by molar-refractivity contribution is 0.409. The predicted octanol–water partition coefficient (Wildman–Crippen LogP) is 2.03. The molecule has 5 heteroatoms. The molecule has 2 rings (SSSR count). The molecule has 1 aromatic carbocycles. The standard InChI is InChI=1S/C14H20N4O/c1-14(2,3)13-10(9-15)16-17-18(13)11-7-5-6-8-12(11)19-4/h5-8H,9,15H2,1-4H3. The van der Waals surface area contributed by atoms with E-state index in [1.54, 1.807) is 7.11 Å². The van der Waals surface area contributed by atoms with Crippen molar-refractivity contribution < 1.29 is 4.74 Å². The van der Waals surface area contributed by atoms with Crippen LogP contribution in [0, 0.1) is 0 Å². The predicted molar refractivity (Wildman–Crippen MR) is 74.5 cm³/mol. The number of nitrogens with two attached hydrogens (primary N) is 1. The van der Waals surface area contributed by atoms with Crippen LogP contribution >= 0.6 is 0 Å². The van der Waals surface area contributed by atoms with Crippen LogP contribution in [0.3, 0.4) is 0 Å². The number of methoxy groups -OCH3 is 1. The molecule has 0 unspecified atom stereocenters. The van der Waals surface area contributed by atoms with Gasteiger partial charge in [0, 0.05) is 12.0 Å². The highest BCUT2D eigenvalue weighted by Gasteiger charge is 2.26. The maximum Gasteiger partial charge on any atom is 0.144 e. The molecule has 0 bridgehead atoms. The maximum atomic E-state index is 5.76. The Labute approximate surface area is 113 Å². The second-order valence-corrected chi connectivity index (χ2v) is 5.42. The Morgan fingerprint density at radius 1 is 1.26 bits per heavy atom. The highest BCUT2D eigenvalue weighted by molar-refractivity contribution is 5.47. The molecule has 0 saturated heterocycles. The van der Waals surface area contributed by atoms with Crippen molar-refractivity contribution in [3.8, 4) is 11.4 Å². The van der Waals surface area contributed by atoms with Crippen molar-refractivity contribution in [2.24, 2.45) is 5.73 Å². The lowest BCUT2D eigenvalue weighted by Crippen LogP contribution is -2.20. The first kappa shape index (κ1) is 13.5. The van der Waals surface area contributed by atoms with Crippen LogP contribution in [0.15, 0.2) is 24.3 Å². The van der Waals surface area contributed by atoms with Crippen molar-refractivity contribution in [2.45, 2.75) is 32.7 Å². The molecule has 0 spiro atoms. The number of benzene rings is 1. The Bertz CT molecular complexity index is 569. The van der Waals surface area contributed by atoms with Crippen LogP contribution in [0.25, 0.3) is 5.69 Å². The summed E-state index contributed by atoms with van der Waals surface area (Å²) in [6.45, 7) is 6.74. The summed E-state index contributed by atoms with van der Waals surface area (Å²) in [5.74, 6) is 0.765. The maximum absolute atomic E-state index is 5.76. The normalized spacial score (nSPS) is 11.6. The van der Waals surface area contributed by atoms with Gasteiger partial charge in [0.05, 0.1) is 12.8 Å². The smallest absolute Gasteiger partial charge is 0.144 e. The molecule has 1 aromatic heterocycles. The first-order chi connectivity index (χ1) is 8.99. The van der Waals surface area contributed by atoms with E-state index in [0.29, 0.717) is 6.54 Å². The van der Waals surface area contributed by atoms with Gasteiger partial charge in [-0.3, -0.25) is 0 Å². The van der Waals surface area contributed by atoms with E-state index in [-0.39, 0.29) is 5.41 Å². The average Bonchev–Trinajstić information content (AvgIpc) is 2.82. The zero-order valence-corrected chi connectivity index (χ0v) is 11.8. The Morgan fingerprint density at radius 2 is 1.95 bits per heavy atom. The number of ether oxygens (including phenoxy) is 1. The van der Waals surface area contributed by atoms with E-state index in [1.165, 1.54) is 0 Å². The van der Waals surface area contributed by atoms with Crippen molar-refractivity contribution in [2.75, 3.05) is 7.11 Å². The SMILES string of the molecule is COc1ccccc1-n1nnc(CN)c1C(C)(C)C. The Morgan fingerprint density at radius 3 is 2.53 bits per heavy atom. The minimum Gasteiger partial charge on any atom is -0.494 e. The van der Waals surface area contributed by atoms with Gasteiger partial charge in [-0.15, -0.1) is 5.10 Å². The Kier molecular flexibility index (Phi) is 3.57. The van der Waals surface area contributed by atoms with Gasteiger partial charge in [-0.05, 0) is 12.1 Å². The molecule has 2 aromatic rings. The van der Waals surface area contributed by atoms with Gasteiger partial charge >= 0.3 is 0 Å². The van der Waals surface area contributed by atoms with E-state index in [2.05, 4.69) is 31.1 Å². The molecule has 0 aliphatic carbocycles. The van der Waals surface area contributed by atoms with Crippen LogP contribution < -0.4 is 10.5 Å². The Balaban J connectivity index is 2.66. The number of rotatable bonds is 3. The molecule has 0 aliphatic rings. The second kappa shape index (κ2) is 5.01. The highest BCUT2D eigenvalue weighted by atomic mass is 16.5. The topological polar surface area (TPSA) is 66.0 Å². The van der Waals surface area contributed by atoms with E-state index in [4.69, 9.17) is 10.5 Å². The third-order valence-corrected chi connectivity index (χ3v) is 2.96. The van der Waals surface area contributed by atoms with Gasteiger partial charge < -0.3 is 10.5 Å². The van der Waals surface area contributed by atoms with Crippen LogP contribution in [-0.4, -0.2) is 22.1 Å². The summed E-state index contributed by atoms with van der Waals surface area (Å²) in [4.78, 5) is 0. The lowest BCUT2D eigenvalue weighted by atomic mass is 9.90. The molecule has 0 aliphatic heterocycles. The fourth-order valence-electron chi connectivity index (χ4n) is 2.17. The molecule has 102 valence electrons. The van der Waals surface area contributed by atoms with Crippen LogP contribution in [0.1, 0.15) is 32.2 Å². The minimum atomic E-state index is -0.0982. The summed E-state index contributed by atoms with van der Waals surface area (Å²) in [6.07, 6.45) is 0. The van der Waals surface area contributed by atoms with E-state index in [1.807, 2.05) is 28.9 Å². The van der Waals surface area contributed by atoms with Gasteiger partial charge in [-0.25, -0.2) is 4.68 Å². The highest BCUT2D eigenvalue weighted by Crippen LogP contribution is 2.30. The first-order valence-corrected chi connectivity index (χ1v) is 6.27. The van der Waals surface area contributed by atoms with Gasteiger partial charge in [0.2, 0.25) is 0 Å². The van der Waals surface area contributed by atoms with Crippen LogP contribution in [0.2, 0.25) is 0 Å². The van der Waals surface area contributed by atoms with Crippen molar-refractivity contribution in [3.63, 3.8) is 0 Å². The molecular formula is C14H20N4O. The number of para-hydroxylation sites is 2. The van der Waals surface area contributed by atoms with E-state index in [0.717, 1.165) is 22.8 Å². The number of hydrogen-bond donors (Lipinski definition) is 1. The summed E-state index contributed by atoms with van der Waals surface area (Å²) in [5, 5.41) is 8.42. The van der Waals surface area contributed by atoms with Crippen LogP contribution in [-0.2, 0) is 12.0 Å². The summed E-state index contributed by atoms with van der Waals surface area (Å²) < 4.78 is 7.21. The molecule has 0 atom stereocenters. The molecule has 5 nitrogen and oxygen atoms in total. The van der Waals surface area contributed by atoms with E-state index < -0.39 is 0 Å². The summed E-state index contributed by atoms with van der Waals surface area (Å²) >= 11 is 0. The van der Waals surface area contributed by atoms with Gasteiger partial charge in [0.25, 0.3) is 0 Å². The lowest BCUT2D eigenvalue weighted by Gasteiger charge is -2.21. The van der Waals surface area contributed by atoms with Gasteiger partial charge in [0.1, 0.15) is 17.1 Å². The number of nitrogens with zero attached hydrogens (tertiary/aromatic N) is 3. The molecule has 2 N–H and O–H groups in total. The van der Waals surface area contributed by atoms with Crippen molar-refractivity contribution >= 4 is 0 Å². The average molecular weight is 260 g/mol. The molecule has 1 heterocycles. The van der Waals surface area contributed by atoms with E-state index in [9.17, 15) is 0 Å². The van der Waals surface area contributed by atoms with Crippen molar-refractivity contribution in [1.82, 2.24) is 15.0 Å². The third kappa shape index (κ3) is 2.46. The first-order valence-electron chi connectivity index (χ1n) is 6.27. The largest absolute Gasteiger partial charge is 0.494 e. The fourth-order valence-corrected chi connectivity index (χ4v) is 2.17. The Hall–Kier alpha value is -1.88. The van der Waals surface area contributed by atoms with Crippen LogP contribution in [0.4, 0.5) is 0 Å². The van der Waals surface area contributed by atoms with Gasteiger partial charge in [-0.1, -0.05) is 38.1 Å². The molecule has 19 heavy (non-hydrogen) atoms. The number of hydrogen-bond acceptors (Lipinski definition) is 4. The van der Waals surface area contributed by atoms with Crippen molar-refractivity contribution in [3.05, 3.63) is 35.7 Å². The van der Waals surface area contributed by atoms with Gasteiger partial charge in [-0.2, -0.15) is 0 Å². The van der Waals surface area contributed by atoms with Crippen molar-refractivity contribution in [1.29, 1.82) is 0 Å². The molecule has 0 saturated carbocycles. The minimum absolute atomic E-state index is 0.0982. The zero-order chi connectivity index (χ0) is 14.0. The molecule has 0 amide bonds. The van der Waals surface area contributed by atoms with E-state index >= 15 is 0 Å². The van der Waals surface area contributed by atoms with Gasteiger partial charge in [0.15, 0.2) is 0 Å². The summed E-state index contributed by atoms with van der Waals surface area (Å²) in [7, 11) is 1.65.